The second-order valence-corrected chi connectivity index (χ2v) is 8.66. The number of hydrogen-bond acceptors (Lipinski definition) is 5. The number of nitrogens with zero attached hydrogens (tertiary/aromatic N) is 3. The van der Waals surface area contributed by atoms with E-state index < -0.39 is 0 Å². The molecule has 1 aliphatic carbocycles. The number of aryl methyl sites for hydroxylation is 3. The van der Waals surface area contributed by atoms with Crippen LogP contribution < -0.4 is 4.74 Å². The van der Waals surface area contributed by atoms with Gasteiger partial charge in [0.2, 0.25) is 5.88 Å². The summed E-state index contributed by atoms with van der Waals surface area (Å²) in [6.07, 6.45) is 8.98. The minimum atomic E-state index is 0.521. The van der Waals surface area contributed by atoms with Crippen molar-refractivity contribution in [3.63, 3.8) is 0 Å². The van der Waals surface area contributed by atoms with Gasteiger partial charge in [0.05, 0.1) is 5.52 Å². The molecule has 0 N–H and O–H groups in total. The van der Waals surface area contributed by atoms with Crippen molar-refractivity contribution in [2.45, 2.75) is 58.6 Å². The first kappa shape index (κ1) is 21.2. The van der Waals surface area contributed by atoms with Gasteiger partial charge in [0.15, 0.2) is 5.52 Å². The van der Waals surface area contributed by atoms with E-state index in [1.807, 2.05) is 49.0 Å². The summed E-state index contributed by atoms with van der Waals surface area (Å²) in [7, 11) is 0. The van der Waals surface area contributed by atoms with Crippen LogP contribution in [0.15, 0.2) is 30.3 Å². The smallest absolute Gasteiger partial charge is 0.247 e. The molecule has 0 radical (unpaired) electrons. The molecule has 160 valence electrons. The summed E-state index contributed by atoms with van der Waals surface area (Å²) in [5, 5.41) is 0. The van der Waals surface area contributed by atoms with Gasteiger partial charge in [-0.25, -0.2) is 9.97 Å². The summed E-state index contributed by atoms with van der Waals surface area (Å²) < 4.78 is 14.4. The SMILES string of the molecule is CCOCc1nc2c(Oc3ccccc3)nc3c(c2n1CCCCSC)CCCC3. The number of ether oxygens (including phenoxy) is 2. The summed E-state index contributed by atoms with van der Waals surface area (Å²) in [6.45, 7) is 4.19. The molecular formula is C24H31N3O2S. The maximum Gasteiger partial charge on any atom is 0.247 e. The second-order valence-electron chi connectivity index (χ2n) is 7.68. The van der Waals surface area contributed by atoms with Gasteiger partial charge in [-0.2, -0.15) is 11.8 Å². The highest BCUT2D eigenvalue weighted by Crippen LogP contribution is 2.36. The lowest BCUT2D eigenvalue weighted by Gasteiger charge is -2.19. The highest BCUT2D eigenvalue weighted by atomic mass is 32.2. The van der Waals surface area contributed by atoms with Gasteiger partial charge in [0.1, 0.15) is 18.2 Å². The first-order chi connectivity index (χ1) is 14.8. The standard InChI is InChI=1S/C24H31N3O2S/c1-3-28-17-21-26-22-23(27(21)15-9-10-16-30-2)19-13-7-8-14-20(19)25-24(22)29-18-11-5-4-6-12-18/h4-6,11-12H,3,7-10,13-17H2,1-2H3. The summed E-state index contributed by atoms with van der Waals surface area (Å²) in [6, 6.07) is 9.89. The lowest BCUT2D eigenvalue weighted by Crippen LogP contribution is -2.11. The molecular weight excluding hydrogens is 394 g/mol. The van der Waals surface area contributed by atoms with Gasteiger partial charge >= 0.3 is 0 Å². The maximum atomic E-state index is 6.24. The molecule has 0 saturated carbocycles. The Bertz CT molecular complexity index is 972. The van der Waals surface area contributed by atoms with Crippen LogP contribution in [0.25, 0.3) is 11.0 Å². The van der Waals surface area contributed by atoms with E-state index in [1.54, 1.807) is 0 Å². The summed E-state index contributed by atoms with van der Waals surface area (Å²) in [4.78, 5) is 9.94. The molecule has 0 aliphatic heterocycles. The Labute approximate surface area is 183 Å². The van der Waals surface area contributed by atoms with Gasteiger partial charge in [-0.05, 0) is 75.2 Å². The van der Waals surface area contributed by atoms with Crippen LogP contribution in [0.1, 0.15) is 49.7 Å². The molecule has 0 bridgehead atoms. The second kappa shape index (κ2) is 10.3. The normalized spacial score (nSPS) is 13.5. The van der Waals surface area contributed by atoms with Gasteiger partial charge in [-0.1, -0.05) is 18.2 Å². The van der Waals surface area contributed by atoms with Crippen molar-refractivity contribution in [1.82, 2.24) is 14.5 Å². The van der Waals surface area contributed by atoms with E-state index in [2.05, 4.69) is 10.8 Å². The average Bonchev–Trinajstić information content (AvgIpc) is 3.15. The van der Waals surface area contributed by atoms with Gasteiger partial charge in [0.25, 0.3) is 0 Å². The van der Waals surface area contributed by atoms with Crippen molar-refractivity contribution in [1.29, 1.82) is 0 Å². The van der Waals surface area contributed by atoms with Crippen LogP contribution in [-0.2, 0) is 30.7 Å². The minimum absolute atomic E-state index is 0.521. The number of benzene rings is 1. The van der Waals surface area contributed by atoms with Crippen molar-refractivity contribution in [2.75, 3.05) is 18.6 Å². The van der Waals surface area contributed by atoms with Crippen molar-refractivity contribution in [3.8, 4) is 11.6 Å². The molecule has 0 saturated heterocycles. The molecule has 0 amide bonds. The first-order valence-corrected chi connectivity index (χ1v) is 12.4. The van der Waals surface area contributed by atoms with Gasteiger partial charge in [0, 0.05) is 18.8 Å². The van der Waals surface area contributed by atoms with E-state index in [0.29, 0.717) is 19.1 Å². The number of para-hydroxylation sites is 1. The average molecular weight is 426 g/mol. The van der Waals surface area contributed by atoms with Crippen molar-refractivity contribution < 1.29 is 9.47 Å². The zero-order valence-corrected chi connectivity index (χ0v) is 18.8. The molecule has 2 heterocycles. The number of aromatic nitrogens is 3. The predicted octanol–water partition coefficient (Wildman–Crippen LogP) is 5.78. The van der Waals surface area contributed by atoms with Gasteiger partial charge < -0.3 is 14.0 Å². The van der Waals surface area contributed by atoms with Crippen LogP contribution in [0.2, 0.25) is 0 Å². The number of rotatable bonds is 10. The zero-order valence-electron chi connectivity index (χ0n) is 18.0. The van der Waals surface area contributed by atoms with Crippen LogP contribution in [0.4, 0.5) is 0 Å². The molecule has 0 spiro atoms. The summed E-state index contributed by atoms with van der Waals surface area (Å²) >= 11 is 1.91. The molecule has 0 atom stereocenters. The third-order valence-electron chi connectivity index (χ3n) is 5.58. The fourth-order valence-corrected chi connectivity index (χ4v) is 4.62. The Morgan fingerprint density at radius 2 is 1.90 bits per heavy atom. The number of hydrogen-bond donors (Lipinski definition) is 0. The Kier molecular flexibility index (Phi) is 7.28. The number of unbranched alkanes of at least 4 members (excludes halogenated alkanes) is 1. The van der Waals surface area contributed by atoms with E-state index in [0.717, 1.165) is 42.9 Å². The highest BCUT2D eigenvalue weighted by Gasteiger charge is 2.24. The molecule has 6 heteroatoms. The molecule has 1 aromatic carbocycles. The van der Waals surface area contributed by atoms with Crippen molar-refractivity contribution in [3.05, 3.63) is 47.4 Å². The summed E-state index contributed by atoms with van der Waals surface area (Å²) in [5.74, 6) is 3.59. The largest absolute Gasteiger partial charge is 0.437 e. The summed E-state index contributed by atoms with van der Waals surface area (Å²) in [5.41, 5.74) is 4.62. The van der Waals surface area contributed by atoms with Crippen LogP contribution in [0.3, 0.4) is 0 Å². The molecule has 4 rings (SSSR count). The monoisotopic (exact) mass is 425 g/mol. The molecule has 2 aromatic heterocycles. The highest BCUT2D eigenvalue weighted by molar-refractivity contribution is 7.98. The predicted molar refractivity (Wildman–Crippen MR) is 124 cm³/mol. The van der Waals surface area contributed by atoms with E-state index in [-0.39, 0.29) is 0 Å². The molecule has 0 unspecified atom stereocenters. The van der Waals surface area contributed by atoms with Crippen molar-refractivity contribution >= 4 is 22.8 Å². The number of imidazole rings is 1. The number of pyridine rings is 1. The van der Waals surface area contributed by atoms with Crippen molar-refractivity contribution in [2.24, 2.45) is 0 Å². The maximum absolute atomic E-state index is 6.24. The lowest BCUT2D eigenvalue weighted by atomic mass is 9.95. The topological polar surface area (TPSA) is 49.2 Å². The lowest BCUT2D eigenvalue weighted by molar-refractivity contribution is 0.126. The van der Waals surface area contributed by atoms with E-state index in [1.165, 1.54) is 41.8 Å². The van der Waals surface area contributed by atoms with E-state index >= 15 is 0 Å². The van der Waals surface area contributed by atoms with E-state index in [4.69, 9.17) is 19.4 Å². The zero-order chi connectivity index (χ0) is 20.8. The Morgan fingerprint density at radius 3 is 2.70 bits per heavy atom. The molecule has 1 aliphatic rings. The van der Waals surface area contributed by atoms with Crippen LogP contribution in [-0.4, -0.2) is 33.2 Å². The molecule has 0 fully saturated rings. The Morgan fingerprint density at radius 1 is 1.07 bits per heavy atom. The Balaban J connectivity index is 1.80. The van der Waals surface area contributed by atoms with Crippen LogP contribution in [0, 0.1) is 0 Å². The van der Waals surface area contributed by atoms with Crippen LogP contribution >= 0.6 is 11.8 Å². The quantitative estimate of drug-likeness (QED) is 0.385. The van der Waals surface area contributed by atoms with Gasteiger partial charge in [-0.3, -0.25) is 0 Å². The number of fused-ring (bicyclic) bond motifs is 3. The molecule has 30 heavy (non-hydrogen) atoms. The van der Waals surface area contributed by atoms with Crippen LogP contribution in [0.5, 0.6) is 11.6 Å². The Hall–Kier alpha value is -2.05. The van der Waals surface area contributed by atoms with Gasteiger partial charge in [-0.15, -0.1) is 0 Å². The number of thioether (sulfide) groups is 1. The fourth-order valence-electron chi connectivity index (χ4n) is 4.13. The van der Waals surface area contributed by atoms with E-state index in [9.17, 15) is 0 Å². The third-order valence-corrected chi connectivity index (χ3v) is 6.28. The molecule has 5 nitrogen and oxygen atoms in total. The first-order valence-electron chi connectivity index (χ1n) is 11.0. The minimum Gasteiger partial charge on any atom is -0.437 e. The fraction of sp³-hybridized carbons (Fsp3) is 0.500. The molecule has 3 aromatic rings. The third kappa shape index (κ3) is 4.65.